The van der Waals surface area contributed by atoms with Crippen molar-refractivity contribution in [2.24, 2.45) is 0 Å². The lowest BCUT2D eigenvalue weighted by atomic mass is 10.00. The number of hydrogen-bond acceptors (Lipinski definition) is 3. The second-order valence-electron chi connectivity index (χ2n) is 4.85. The van der Waals surface area contributed by atoms with Crippen molar-refractivity contribution in [1.29, 1.82) is 0 Å². The van der Waals surface area contributed by atoms with Gasteiger partial charge in [0, 0.05) is 12.1 Å². The first-order valence-electron chi connectivity index (χ1n) is 6.18. The number of piperidine rings is 1. The Morgan fingerprint density at radius 3 is 2.59 bits per heavy atom. The molecule has 2 rings (SSSR count). The Kier molecular flexibility index (Phi) is 3.52. The number of para-hydroxylation sites is 1. The highest BCUT2D eigenvalue weighted by molar-refractivity contribution is 5.66. The van der Waals surface area contributed by atoms with Crippen molar-refractivity contribution in [2.45, 2.75) is 45.2 Å². The van der Waals surface area contributed by atoms with Gasteiger partial charge in [-0.1, -0.05) is 12.5 Å². The molecule has 94 valence electrons. The lowest BCUT2D eigenvalue weighted by Crippen LogP contribution is -2.47. The quantitative estimate of drug-likeness (QED) is 0.777. The lowest BCUT2D eigenvalue weighted by molar-refractivity contribution is 0.136. The summed E-state index contributed by atoms with van der Waals surface area (Å²) in [4.78, 5) is 0. The Hall–Kier alpha value is -1.29. The molecule has 4 heteroatoms. The van der Waals surface area contributed by atoms with Gasteiger partial charge in [-0.25, -0.2) is 9.40 Å². The van der Waals surface area contributed by atoms with Crippen LogP contribution in [0.15, 0.2) is 18.2 Å². The molecule has 1 aliphatic heterocycles. The van der Waals surface area contributed by atoms with Crippen molar-refractivity contribution in [3.63, 3.8) is 0 Å². The van der Waals surface area contributed by atoms with E-state index < -0.39 is 0 Å². The number of nitrogens with zero attached hydrogens (tertiary/aromatic N) is 1. The second-order valence-corrected chi connectivity index (χ2v) is 4.85. The molecule has 3 N–H and O–H groups in total. The van der Waals surface area contributed by atoms with Gasteiger partial charge in [0.05, 0.1) is 11.4 Å². The zero-order chi connectivity index (χ0) is 12.4. The zero-order valence-electron chi connectivity index (χ0n) is 10.4. The molecular weight excluding hydrogens is 217 g/mol. The summed E-state index contributed by atoms with van der Waals surface area (Å²) < 4.78 is 13.3. The number of nitrogen functional groups attached to an aromatic ring is 1. The predicted molar refractivity (Wildman–Crippen MR) is 69.0 cm³/mol. The van der Waals surface area contributed by atoms with E-state index in [1.165, 1.54) is 12.5 Å². The maximum absolute atomic E-state index is 13.3. The van der Waals surface area contributed by atoms with E-state index in [0.29, 0.717) is 17.8 Å². The first-order chi connectivity index (χ1) is 8.09. The topological polar surface area (TPSA) is 41.3 Å². The molecule has 1 heterocycles. The van der Waals surface area contributed by atoms with Crippen LogP contribution in [0.2, 0.25) is 0 Å². The number of rotatable bonds is 2. The Labute approximate surface area is 102 Å². The normalized spacial score (nSPS) is 25.8. The third kappa shape index (κ3) is 2.52. The fourth-order valence-corrected chi connectivity index (χ4v) is 2.42. The standard InChI is InChI=1S/C13H20FN3/c1-9-5-3-6-10(2)17(9)16-12-8-4-7-11(14)13(12)15/h4,7-10,16H,3,5-6,15H2,1-2H3. The summed E-state index contributed by atoms with van der Waals surface area (Å²) in [6.45, 7) is 4.36. The first-order valence-corrected chi connectivity index (χ1v) is 6.18. The zero-order valence-corrected chi connectivity index (χ0v) is 10.4. The Morgan fingerprint density at radius 1 is 1.29 bits per heavy atom. The van der Waals surface area contributed by atoms with Gasteiger partial charge in [0.2, 0.25) is 0 Å². The van der Waals surface area contributed by atoms with Gasteiger partial charge in [-0.2, -0.15) is 0 Å². The number of halogens is 1. The minimum atomic E-state index is -0.368. The van der Waals surface area contributed by atoms with E-state index >= 15 is 0 Å². The second kappa shape index (κ2) is 4.92. The monoisotopic (exact) mass is 237 g/mol. The van der Waals surface area contributed by atoms with Crippen molar-refractivity contribution in [1.82, 2.24) is 5.01 Å². The van der Waals surface area contributed by atoms with Gasteiger partial charge < -0.3 is 11.2 Å². The average Bonchev–Trinajstić information content (AvgIpc) is 2.29. The van der Waals surface area contributed by atoms with Crippen molar-refractivity contribution in [3.8, 4) is 0 Å². The summed E-state index contributed by atoms with van der Waals surface area (Å²) in [5, 5.41) is 2.18. The molecule has 17 heavy (non-hydrogen) atoms. The van der Waals surface area contributed by atoms with Crippen LogP contribution in [0.25, 0.3) is 0 Å². The molecule has 1 aromatic rings. The molecule has 0 aromatic heterocycles. The number of hydrogen-bond donors (Lipinski definition) is 2. The van der Waals surface area contributed by atoms with Crippen molar-refractivity contribution in [3.05, 3.63) is 24.0 Å². The fraction of sp³-hybridized carbons (Fsp3) is 0.538. The molecule has 0 radical (unpaired) electrons. The molecule has 1 aliphatic rings. The molecule has 0 saturated carbocycles. The third-order valence-corrected chi connectivity index (χ3v) is 3.50. The summed E-state index contributed by atoms with van der Waals surface area (Å²) in [5.74, 6) is -0.368. The third-order valence-electron chi connectivity index (χ3n) is 3.50. The minimum absolute atomic E-state index is 0.192. The lowest BCUT2D eigenvalue weighted by Gasteiger charge is -2.39. The molecule has 1 aromatic carbocycles. The van der Waals surface area contributed by atoms with Crippen molar-refractivity contribution < 1.29 is 4.39 Å². The SMILES string of the molecule is CC1CCCC(C)N1Nc1cccc(F)c1N. The number of benzene rings is 1. The van der Waals surface area contributed by atoms with E-state index in [4.69, 9.17) is 5.73 Å². The molecule has 1 fully saturated rings. The van der Waals surface area contributed by atoms with Gasteiger partial charge in [-0.05, 0) is 38.8 Å². The molecule has 0 aliphatic carbocycles. The maximum atomic E-state index is 13.3. The smallest absolute Gasteiger partial charge is 0.148 e. The van der Waals surface area contributed by atoms with Crippen LogP contribution in [-0.2, 0) is 0 Å². The molecule has 3 nitrogen and oxygen atoms in total. The van der Waals surface area contributed by atoms with Gasteiger partial charge >= 0.3 is 0 Å². The molecule has 1 saturated heterocycles. The van der Waals surface area contributed by atoms with Crippen LogP contribution in [0.3, 0.4) is 0 Å². The van der Waals surface area contributed by atoms with Gasteiger partial charge in [-0.15, -0.1) is 0 Å². The van der Waals surface area contributed by atoms with Crippen LogP contribution in [0.4, 0.5) is 15.8 Å². The first kappa shape index (κ1) is 12.2. The van der Waals surface area contributed by atoms with Gasteiger partial charge in [0.1, 0.15) is 5.82 Å². The van der Waals surface area contributed by atoms with Gasteiger partial charge in [0.15, 0.2) is 0 Å². The highest BCUT2D eigenvalue weighted by atomic mass is 19.1. The fourth-order valence-electron chi connectivity index (χ4n) is 2.42. The highest BCUT2D eigenvalue weighted by Gasteiger charge is 2.25. The summed E-state index contributed by atoms with van der Waals surface area (Å²) >= 11 is 0. The summed E-state index contributed by atoms with van der Waals surface area (Å²) in [7, 11) is 0. The van der Waals surface area contributed by atoms with E-state index in [0.717, 1.165) is 12.8 Å². The largest absolute Gasteiger partial charge is 0.395 e. The Balaban J connectivity index is 2.16. The van der Waals surface area contributed by atoms with E-state index in [1.807, 2.05) is 6.07 Å². The van der Waals surface area contributed by atoms with Crippen LogP contribution in [0, 0.1) is 5.82 Å². The van der Waals surface area contributed by atoms with Gasteiger partial charge in [0.25, 0.3) is 0 Å². The van der Waals surface area contributed by atoms with Crippen LogP contribution in [0.5, 0.6) is 0 Å². The minimum Gasteiger partial charge on any atom is -0.395 e. The molecule has 0 spiro atoms. The number of nitrogens with one attached hydrogen (secondary N) is 1. The van der Waals surface area contributed by atoms with E-state index in [1.54, 1.807) is 6.07 Å². The van der Waals surface area contributed by atoms with Crippen molar-refractivity contribution in [2.75, 3.05) is 11.2 Å². The van der Waals surface area contributed by atoms with Crippen LogP contribution in [-0.4, -0.2) is 17.1 Å². The van der Waals surface area contributed by atoms with Gasteiger partial charge in [-0.3, -0.25) is 0 Å². The van der Waals surface area contributed by atoms with E-state index in [2.05, 4.69) is 24.3 Å². The van der Waals surface area contributed by atoms with E-state index in [-0.39, 0.29) is 11.5 Å². The molecule has 2 unspecified atom stereocenters. The number of anilines is 2. The summed E-state index contributed by atoms with van der Waals surface area (Å²) in [5.41, 5.74) is 9.83. The Morgan fingerprint density at radius 2 is 1.94 bits per heavy atom. The predicted octanol–water partition coefficient (Wildman–Crippen LogP) is 3.00. The van der Waals surface area contributed by atoms with Crippen LogP contribution >= 0.6 is 0 Å². The molecule has 0 bridgehead atoms. The molecular formula is C13H20FN3. The molecule has 0 amide bonds. The number of hydrazine groups is 1. The van der Waals surface area contributed by atoms with Crippen LogP contribution in [0.1, 0.15) is 33.1 Å². The molecule has 2 atom stereocenters. The van der Waals surface area contributed by atoms with E-state index in [9.17, 15) is 4.39 Å². The highest BCUT2D eigenvalue weighted by Crippen LogP contribution is 2.27. The average molecular weight is 237 g/mol. The summed E-state index contributed by atoms with van der Waals surface area (Å²) in [6.07, 6.45) is 3.57. The maximum Gasteiger partial charge on any atom is 0.148 e. The number of nitrogens with two attached hydrogens (primary N) is 1. The van der Waals surface area contributed by atoms with Crippen LogP contribution < -0.4 is 11.2 Å². The summed E-state index contributed by atoms with van der Waals surface area (Å²) in [6, 6.07) is 5.76. The Bertz CT molecular complexity index is 384. The van der Waals surface area contributed by atoms with Crippen molar-refractivity contribution >= 4 is 11.4 Å².